The molecule has 12 heteroatoms. The molecule has 5 aromatic rings. The predicted octanol–water partition coefficient (Wildman–Crippen LogP) is 3.42. The molecule has 50 heavy (non-hydrogen) atoms. The Balaban J connectivity index is 1.35. The minimum absolute atomic E-state index is 0.237. The van der Waals surface area contributed by atoms with Crippen molar-refractivity contribution in [2.75, 3.05) is 26.2 Å². The van der Waals surface area contributed by atoms with Crippen LogP contribution >= 0.6 is 0 Å². The van der Waals surface area contributed by atoms with Crippen LogP contribution < -0.4 is 33.2 Å². The number of quaternary nitrogens is 2. The molecule has 7 rings (SSSR count). The maximum atomic E-state index is 14.2. The largest absolute Gasteiger partial charge is 0.439 e. The molecule has 4 atom stereocenters. The standard InChI is InChI=1S/C38H38N8O4/c39-43-37(49)45(35(47)25-11-3-1-4-12-25)21-19-41-33(45)23-31-27-15-7-9-17-29(27)32(30-18-10-8-16-28(30)31)24-34-42-20-22-46(34,38(50)44-40)36(48)26-13-5-2-6-14-26/h1-18,33-34,41-42H,19-24,39-40H2/p+2. The first kappa shape index (κ1) is 33.2. The lowest BCUT2D eigenvalue weighted by atomic mass is 9.87. The van der Waals surface area contributed by atoms with E-state index >= 15 is 0 Å². The van der Waals surface area contributed by atoms with Crippen molar-refractivity contribution in [3.05, 3.63) is 131 Å². The number of nitrogens with two attached hydrogens (primary N) is 2. The van der Waals surface area contributed by atoms with E-state index in [4.69, 9.17) is 11.7 Å². The highest BCUT2D eigenvalue weighted by atomic mass is 16.2. The number of amides is 6. The van der Waals surface area contributed by atoms with E-state index in [9.17, 15) is 19.2 Å². The third-order valence-electron chi connectivity index (χ3n) is 10.4. The molecule has 2 fully saturated rings. The van der Waals surface area contributed by atoms with Crippen LogP contribution in [-0.2, 0) is 12.8 Å². The Morgan fingerprint density at radius 3 is 1.18 bits per heavy atom. The summed E-state index contributed by atoms with van der Waals surface area (Å²) < 4.78 is -1.04. The summed E-state index contributed by atoms with van der Waals surface area (Å²) in [5.41, 5.74) is 7.33. The zero-order valence-electron chi connectivity index (χ0n) is 27.5. The summed E-state index contributed by atoms with van der Waals surface area (Å²) in [7, 11) is 0. The average Bonchev–Trinajstić information content (AvgIpc) is 3.81. The Labute approximate surface area is 289 Å². The maximum Gasteiger partial charge on any atom is 0.439 e. The van der Waals surface area contributed by atoms with Crippen molar-refractivity contribution < 1.29 is 28.1 Å². The molecule has 0 radical (unpaired) electrons. The summed E-state index contributed by atoms with van der Waals surface area (Å²) in [4.78, 5) is 55.6. The first-order chi connectivity index (χ1) is 24.4. The molecule has 2 aliphatic heterocycles. The van der Waals surface area contributed by atoms with Gasteiger partial charge in [-0.2, -0.15) is 8.97 Å². The monoisotopic (exact) mass is 672 g/mol. The molecule has 5 aromatic carbocycles. The number of urea groups is 2. The second-order valence-corrected chi connectivity index (χ2v) is 12.8. The van der Waals surface area contributed by atoms with Gasteiger partial charge in [0.1, 0.15) is 13.1 Å². The molecule has 0 aliphatic carbocycles. The number of imide groups is 2. The summed E-state index contributed by atoms with van der Waals surface area (Å²) in [5.74, 6) is 10.8. The van der Waals surface area contributed by atoms with Crippen LogP contribution in [0.15, 0.2) is 109 Å². The summed E-state index contributed by atoms with van der Waals surface area (Å²) in [6, 6.07) is 32.5. The van der Waals surface area contributed by atoms with Crippen LogP contribution in [0.3, 0.4) is 0 Å². The molecule has 254 valence electrons. The second-order valence-electron chi connectivity index (χ2n) is 12.8. The van der Waals surface area contributed by atoms with Crippen LogP contribution in [0.25, 0.3) is 21.5 Å². The lowest BCUT2D eigenvalue weighted by molar-refractivity contribution is -0.782. The summed E-state index contributed by atoms with van der Waals surface area (Å²) in [6.07, 6.45) is -0.531. The van der Waals surface area contributed by atoms with Crippen LogP contribution in [0.4, 0.5) is 9.59 Å². The Bertz CT molecular complexity index is 1900. The Kier molecular flexibility index (Phi) is 8.97. The third-order valence-corrected chi connectivity index (χ3v) is 10.4. The van der Waals surface area contributed by atoms with Gasteiger partial charge in [0.2, 0.25) is 0 Å². The summed E-state index contributed by atoms with van der Waals surface area (Å²) in [5, 5.41) is 10.7. The van der Waals surface area contributed by atoms with E-state index < -0.39 is 33.4 Å². The molecular weight excluding hydrogens is 632 g/mol. The molecule has 12 nitrogen and oxygen atoms in total. The van der Waals surface area contributed by atoms with E-state index in [1.54, 1.807) is 48.5 Å². The van der Waals surface area contributed by atoms with Crippen LogP contribution in [0.5, 0.6) is 0 Å². The van der Waals surface area contributed by atoms with Gasteiger partial charge in [-0.1, -0.05) is 84.9 Å². The van der Waals surface area contributed by atoms with Crippen molar-refractivity contribution in [3.63, 3.8) is 0 Å². The number of benzene rings is 5. The van der Waals surface area contributed by atoms with Crippen molar-refractivity contribution in [1.82, 2.24) is 21.5 Å². The Hall–Kier alpha value is -5.34. The van der Waals surface area contributed by atoms with Crippen molar-refractivity contribution in [1.29, 1.82) is 0 Å². The fraction of sp³-hybridized carbons (Fsp3) is 0.211. The number of nitrogens with one attached hydrogen (secondary N) is 4. The number of rotatable bonds is 6. The fourth-order valence-electron chi connectivity index (χ4n) is 8.04. The van der Waals surface area contributed by atoms with Gasteiger partial charge in [-0.25, -0.2) is 41.7 Å². The highest BCUT2D eigenvalue weighted by molar-refractivity contribution is 6.06. The molecular formula is C38H40N8O4+2. The van der Waals surface area contributed by atoms with Crippen LogP contribution in [0.1, 0.15) is 31.8 Å². The molecule has 6 amide bonds. The number of hydrogen-bond acceptors (Lipinski definition) is 8. The first-order valence-corrected chi connectivity index (χ1v) is 16.7. The molecule has 2 aliphatic rings. The number of fused-ring (bicyclic) bond motifs is 2. The number of nitrogens with zero attached hydrogens (tertiary/aromatic N) is 2. The van der Waals surface area contributed by atoms with Gasteiger partial charge in [0, 0.05) is 12.8 Å². The summed E-state index contributed by atoms with van der Waals surface area (Å²) >= 11 is 0. The van der Waals surface area contributed by atoms with Crippen molar-refractivity contribution in [2.24, 2.45) is 11.7 Å². The Morgan fingerprint density at radius 1 is 0.540 bits per heavy atom. The number of hydrogen-bond donors (Lipinski definition) is 6. The van der Waals surface area contributed by atoms with Gasteiger partial charge in [0.05, 0.1) is 24.2 Å². The molecule has 0 spiro atoms. The fourth-order valence-corrected chi connectivity index (χ4v) is 8.04. The minimum Gasteiger partial charge on any atom is -0.261 e. The minimum atomic E-state index is -0.610. The van der Waals surface area contributed by atoms with Gasteiger partial charge in [-0.05, 0) is 56.9 Å². The van der Waals surface area contributed by atoms with Gasteiger partial charge in [-0.3, -0.25) is 10.6 Å². The van der Waals surface area contributed by atoms with Crippen molar-refractivity contribution in [3.8, 4) is 0 Å². The zero-order valence-corrected chi connectivity index (χ0v) is 27.5. The molecule has 0 bridgehead atoms. The summed E-state index contributed by atoms with van der Waals surface area (Å²) in [6.45, 7) is 1.36. The zero-order chi connectivity index (χ0) is 34.9. The predicted molar refractivity (Wildman–Crippen MR) is 190 cm³/mol. The van der Waals surface area contributed by atoms with E-state index in [1.807, 2.05) is 60.7 Å². The molecule has 2 saturated heterocycles. The van der Waals surface area contributed by atoms with Gasteiger partial charge < -0.3 is 0 Å². The Morgan fingerprint density at radius 2 is 0.860 bits per heavy atom. The lowest BCUT2D eigenvalue weighted by Gasteiger charge is -2.34. The topological polar surface area (TPSA) is 168 Å². The van der Waals surface area contributed by atoms with Crippen LogP contribution in [-0.4, -0.2) is 71.4 Å². The van der Waals surface area contributed by atoms with Gasteiger partial charge in [0.15, 0.2) is 12.3 Å². The SMILES string of the molecule is NNC(=O)[N+]1(C(=O)c2ccccc2)CCNC1Cc1c2ccccc2c(CC2NCC[N+]2(C(=O)NN)C(=O)c2ccccc2)c2ccccc12. The molecule has 0 aromatic heterocycles. The second kappa shape index (κ2) is 13.5. The van der Waals surface area contributed by atoms with Crippen molar-refractivity contribution in [2.45, 2.75) is 25.2 Å². The number of carbonyl (C=O) groups is 4. The van der Waals surface area contributed by atoms with Gasteiger partial charge >= 0.3 is 23.9 Å². The molecule has 0 saturated carbocycles. The molecule has 4 unspecified atom stereocenters. The van der Waals surface area contributed by atoms with Crippen LogP contribution in [0.2, 0.25) is 0 Å². The highest BCUT2D eigenvalue weighted by Crippen LogP contribution is 2.38. The van der Waals surface area contributed by atoms with Gasteiger partial charge in [0.25, 0.3) is 0 Å². The van der Waals surface area contributed by atoms with E-state index in [0.29, 0.717) is 37.1 Å². The number of hydrazine groups is 2. The lowest BCUT2D eigenvalue weighted by Crippen LogP contribution is -2.66. The quantitative estimate of drug-likeness (QED) is 0.0525. The third kappa shape index (κ3) is 5.26. The van der Waals surface area contributed by atoms with Crippen LogP contribution in [0, 0.1) is 0 Å². The first-order valence-electron chi connectivity index (χ1n) is 16.7. The maximum absolute atomic E-state index is 14.2. The molecule has 2 heterocycles. The average molecular weight is 673 g/mol. The smallest absolute Gasteiger partial charge is 0.261 e. The molecule has 8 N–H and O–H groups in total. The van der Waals surface area contributed by atoms with E-state index in [1.165, 1.54) is 0 Å². The van der Waals surface area contributed by atoms with E-state index in [0.717, 1.165) is 32.7 Å². The normalized spacial score (nSPS) is 23.2. The van der Waals surface area contributed by atoms with Crippen molar-refractivity contribution >= 4 is 45.4 Å². The van der Waals surface area contributed by atoms with Gasteiger partial charge in [-0.15, -0.1) is 0 Å². The highest BCUT2D eigenvalue weighted by Gasteiger charge is 2.56. The number of carbonyl (C=O) groups excluding carboxylic acids is 4. The van der Waals surface area contributed by atoms with E-state index in [2.05, 4.69) is 21.5 Å². The van der Waals surface area contributed by atoms with E-state index in [-0.39, 0.29) is 24.9 Å².